The second-order valence-electron chi connectivity index (χ2n) is 3.75. The molecule has 0 aliphatic heterocycles. The summed E-state index contributed by atoms with van der Waals surface area (Å²) >= 11 is 1.59. The molecule has 0 N–H and O–H groups in total. The van der Waals surface area contributed by atoms with Gasteiger partial charge in [0.05, 0.1) is 18.3 Å². The lowest BCUT2D eigenvalue weighted by molar-refractivity contribution is -0.136. The number of carbonyl (C=O) groups excluding carboxylic acids is 1. The van der Waals surface area contributed by atoms with Crippen molar-refractivity contribution in [1.82, 2.24) is 9.88 Å². The third-order valence-corrected chi connectivity index (χ3v) is 3.03. The fraction of sp³-hybridized carbons (Fsp3) is 0.500. The monoisotopic (exact) mass is 254 g/mol. The van der Waals surface area contributed by atoms with Crippen molar-refractivity contribution in [3.63, 3.8) is 0 Å². The zero-order valence-corrected chi connectivity index (χ0v) is 11.3. The van der Waals surface area contributed by atoms with Gasteiger partial charge in [-0.15, -0.1) is 11.3 Å². The largest absolute Gasteiger partial charge is 0.466 e. The zero-order chi connectivity index (χ0) is 12.7. The lowest BCUT2D eigenvalue weighted by Gasteiger charge is -2.13. The minimum atomic E-state index is -0.241. The van der Waals surface area contributed by atoms with E-state index in [2.05, 4.69) is 9.88 Å². The van der Waals surface area contributed by atoms with Crippen LogP contribution in [0.15, 0.2) is 22.5 Å². The van der Waals surface area contributed by atoms with Crippen molar-refractivity contribution in [3.05, 3.63) is 28.2 Å². The molecule has 0 spiro atoms. The molecule has 1 rings (SSSR count). The average Bonchev–Trinajstić information content (AvgIpc) is 2.82. The van der Waals surface area contributed by atoms with Gasteiger partial charge in [-0.1, -0.05) is 13.0 Å². The standard InChI is InChI=1S/C12H18N2O2S/c1-4-10(12(15)16-3)5-6-14(2)7-11-8-17-9-13-11/h5,8-9H,4,6-7H2,1-3H3. The highest BCUT2D eigenvalue weighted by Crippen LogP contribution is 2.06. The number of ether oxygens (including phenoxy) is 1. The molecule has 0 atom stereocenters. The Hall–Kier alpha value is -1.20. The molecule has 0 aliphatic rings. The van der Waals surface area contributed by atoms with Gasteiger partial charge in [0.15, 0.2) is 0 Å². The van der Waals surface area contributed by atoms with Crippen molar-refractivity contribution in [2.24, 2.45) is 0 Å². The number of nitrogens with zero attached hydrogens (tertiary/aromatic N) is 2. The summed E-state index contributed by atoms with van der Waals surface area (Å²) in [5.41, 5.74) is 3.60. The molecule has 4 nitrogen and oxygen atoms in total. The van der Waals surface area contributed by atoms with E-state index in [1.165, 1.54) is 7.11 Å². The van der Waals surface area contributed by atoms with E-state index in [0.29, 0.717) is 6.42 Å². The lowest BCUT2D eigenvalue weighted by atomic mass is 10.2. The molecule has 1 heterocycles. The Kier molecular flexibility index (Phi) is 5.86. The van der Waals surface area contributed by atoms with E-state index < -0.39 is 0 Å². The molecule has 1 aromatic heterocycles. The normalized spacial score (nSPS) is 11.9. The summed E-state index contributed by atoms with van der Waals surface area (Å²) in [5, 5.41) is 2.03. The Labute approximate surface area is 106 Å². The van der Waals surface area contributed by atoms with Gasteiger partial charge in [-0.05, 0) is 13.5 Å². The van der Waals surface area contributed by atoms with Crippen LogP contribution < -0.4 is 0 Å². The van der Waals surface area contributed by atoms with Gasteiger partial charge >= 0.3 is 5.97 Å². The number of likely N-dealkylation sites (N-methyl/N-ethyl adjacent to an activating group) is 1. The third-order valence-electron chi connectivity index (χ3n) is 2.39. The predicted octanol–water partition coefficient (Wildman–Crippen LogP) is 2.08. The van der Waals surface area contributed by atoms with Crippen LogP contribution in [0, 0.1) is 0 Å². The van der Waals surface area contributed by atoms with E-state index in [1.54, 1.807) is 11.3 Å². The second kappa shape index (κ2) is 7.19. The first-order valence-electron chi connectivity index (χ1n) is 5.50. The van der Waals surface area contributed by atoms with Crippen LogP contribution in [0.1, 0.15) is 19.0 Å². The van der Waals surface area contributed by atoms with E-state index in [0.717, 1.165) is 24.4 Å². The van der Waals surface area contributed by atoms with Gasteiger partial charge in [-0.25, -0.2) is 9.78 Å². The average molecular weight is 254 g/mol. The topological polar surface area (TPSA) is 42.4 Å². The fourth-order valence-corrected chi connectivity index (χ4v) is 1.98. The van der Waals surface area contributed by atoms with Crippen LogP contribution in [0.3, 0.4) is 0 Å². The summed E-state index contributed by atoms with van der Waals surface area (Å²) in [5.74, 6) is -0.241. The molecule has 0 aliphatic carbocycles. The summed E-state index contributed by atoms with van der Waals surface area (Å²) in [4.78, 5) is 17.7. The van der Waals surface area contributed by atoms with Crippen molar-refractivity contribution in [2.45, 2.75) is 19.9 Å². The van der Waals surface area contributed by atoms with Crippen LogP contribution in [0.25, 0.3) is 0 Å². The number of carbonyl (C=O) groups is 1. The van der Waals surface area contributed by atoms with Crippen LogP contribution >= 0.6 is 11.3 Å². The number of hydrogen-bond acceptors (Lipinski definition) is 5. The summed E-state index contributed by atoms with van der Waals surface area (Å²) in [6, 6.07) is 0. The van der Waals surface area contributed by atoms with E-state index >= 15 is 0 Å². The van der Waals surface area contributed by atoms with E-state index in [4.69, 9.17) is 4.74 Å². The smallest absolute Gasteiger partial charge is 0.333 e. The van der Waals surface area contributed by atoms with Gasteiger partial charge in [0.2, 0.25) is 0 Å². The number of aromatic nitrogens is 1. The Balaban J connectivity index is 2.47. The van der Waals surface area contributed by atoms with Crippen molar-refractivity contribution >= 4 is 17.3 Å². The van der Waals surface area contributed by atoms with E-state index in [9.17, 15) is 4.79 Å². The molecule has 0 saturated carbocycles. The van der Waals surface area contributed by atoms with Crippen LogP contribution in [-0.2, 0) is 16.1 Å². The molecule has 0 saturated heterocycles. The lowest BCUT2D eigenvalue weighted by Crippen LogP contribution is -2.19. The summed E-state index contributed by atoms with van der Waals surface area (Å²) in [6.45, 7) is 3.46. The van der Waals surface area contributed by atoms with Crippen molar-refractivity contribution in [1.29, 1.82) is 0 Å². The Morgan fingerprint density at radius 1 is 1.65 bits per heavy atom. The summed E-state index contributed by atoms with van der Waals surface area (Å²) in [6.07, 6.45) is 2.61. The van der Waals surface area contributed by atoms with Crippen molar-refractivity contribution < 1.29 is 9.53 Å². The van der Waals surface area contributed by atoms with E-state index in [1.807, 2.05) is 30.9 Å². The highest BCUT2D eigenvalue weighted by atomic mass is 32.1. The van der Waals surface area contributed by atoms with Crippen LogP contribution in [-0.4, -0.2) is 36.6 Å². The van der Waals surface area contributed by atoms with Gasteiger partial charge < -0.3 is 4.74 Å². The zero-order valence-electron chi connectivity index (χ0n) is 10.5. The fourth-order valence-electron chi connectivity index (χ4n) is 1.43. The second-order valence-corrected chi connectivity index (χ2v) is 4.47. The summed E-state index contributed by atoms with van der Waals surface area (Å²) in [7, 11) is 3.41. The quantitative estimate of drug-likeness (QED) is 0.576. The molecule has 0 amide bonds. The van der Waals surface area contributed by atoms with Crippen LogP contribution in [0.2, 0.25) is 0 Å². The van der Waals surface area contributed by atoms with Gasteiger partial charge in [0.25, 0.3) is 0 Å². The highest BCUT2D eigenvalue weighted by molar-refractivity contribution is 7.07. The van der Waals surface area contributed by atoms with Crippen LogP contribution in [0.4, 0.5) is 0 Å². The van der Waals surface area contributed by atoms with E-state index in [-0.39, 0.29) is 5.97 Å². The SMILES string of the molecule is CCC(=CCN(C)Cc1cscn1)C(=O)OC. The number of hydrogen-bond donors (Lipinski definition) is 0. The number of esters is 1. The maximum Gasteiger partial charge on any atom is 0.333 e. The molecule has 0 aromatic carbocycles. The molecular weight excluding hydrogens is 236 g/mol. The van der Waals surface area contributed by atoms with Crippen molar-refractivity contribution in [2.75, 3.05) is 20.7 Å². The highest BCUT2D eigenvalue weighted by Gasteiger charge is 2.07. The Bertz CT molecular complexity index is 374. The molecule has 0 unspecified atom stereocenters. The molecule has 0 fully saturated rings. The Morgan fingerprint density at radius 3 is 2.94 bits per heavy atom. The van der Waals surface area contributed by atoms with Crippen LogP contribution in [0.5, 0.6) is 0 Å². The first-order valence-corrected chi connectivity index (χ1v) is 6.44. The number of thiazole rings is 1. The van der Waals surface area contributed by atoms with Gasteiger partial charge in [-0.2, -0.15) is 0 Å². The maximum atomic E-state index is 11.4. The first-order chi connectivity index (χ1) is 8.17. The molecule has 5 heteroatoms. The summed E-state index contributed by atoms with van der Waals surface area (Å²) < 4.78 is 4.70. The number of methoxy groups -OCH3 is 1. The molecular formula is C12H18N2O2S. The third kappa shape index (κ3) is 4.66. The molecule has 17 heavy (non-hydrogen) atoms. The Morgan fingerprint density at radius 2 is 2.41 bits per heavy atom. The number of rotatable bonds is 6. The van der Waals surface area contributed by atoms with Gasteiger partial charge in [0.1, 0.15) is 0 Å². The molecule has 1 aromatic rings. The molecule has 94 valence electrons. The van der Waals surface area contributed by atoms with Gasteiger partial charge in [-0.3, -0.25) is 4.90 Å². The first kappa shape index (κ1) is 13.9. The van der Waals surface area contributed by atoms with Gasteiger partial charge in [0, 0.05) is 24.0 Å². The molecule has 0 bridgehead atoms. The van der Waals surface area contributed by atoms with Crippen molar-refractivity contribution in [3.8, 4) is 0 Å². The molecule has 0 radical (unpaired) electrons. The minimum Gasteiger partial charge on any atom is -0.466 e. The maximum absolute atomic E-state index is 11.4. The minimum absolute atomic E-state index is 0.241. The predicted molar refractivity (Wildman–Crippen MR) is 68.8 cm³/mol.